The Morgan fingerprint density at radius 1 is 1.31 bits per heavy atom. The average molecular weight is 180 g/mol. The smallest absolute Gasteiger partial charge is 0.139 e. The summed E-state index contributed by atoms with van der Waals surface area (Å²) in [6.07, 6.45) is 0.401. The molecule has 0 bridgehead atoms. The van der Waals surface area contributed by atoms with Crippen LogP contribution in [0.25, 0.3) is 0 Å². The number of carbonyl (C=O) groups is 1. The van der Waals surface area contributed by atoms with Crippen LogP contribution in [0.2, 0.25) is 0 Å². The molecule has 0 radical (unpaired) electrons. The van der Waals surface area contributed by atoms with Crippen LogP contribution in [0.3, 0.4) is 0 Å². The number of hydrogen-bond acceptors (Lipinski definition) is 1. The van der Waals surface area contributed by atoms with Gasteiger partial charge in [-0.15, -0.1) is 0 Å². The first kappa shape index (κ1) is 9.90. The minimum Gasteiger partial charge on any atom is -0.299 e. The largest absolute Gasteiger partial charge is 0.299 e. The topological polar surface area (TPSA) is 17.1 Å². The van der Waals surface area contributed by atoms with Crippen molar-refractivity contribution in [3.63, 3.8) is 0 Å². The van der Waals surface area contributed by atoms with Crippen LogP contribution in [-0.4, -0.2) is 5.78 Å². The third-order valence-corrected chi connectivity index (χ3v) is 1.94. The Hall–Kier alpha value is -1.18. The van der Waals surface area contributed by atoms with Crippen LogP contribution in [0.1, 0.15) is 19.4 Å². The zero-order valence-electron chi connectivity index (χ0n) is 7.88. The number of hydrogen-bond donors (Lipinski definition) is 0. The molecule has 0 fully saturated rings. The van der Waals surface area contributed by atoms with E-state index in [1.54, 1.807) is 12.1 Å². The van der Waals surface area contributed by atoms with Crippen LogP contribution in [0.15, 0.2) is 24.3 Å². The van der Waals surface area contributed by atoms with Gasteiger partial charge in [0.2, 0.25) is 0 Å². The highest BCUT2D eigenvalue weighted by Gasteiger charge is 2.07. The summed E-state index contributed by atoms with van der Waals surface area (Å²) < 4.78 is 12.5. The van der Waals surface area contributed by atoms with Crippen molar-refractivity contribution < 1.29 is 9.18 Å². The van der Waals surface area contributed by atoms with Gasteiger partial charge in [0, 0.05) is 12.3 Å². The van der Waals surface area contributed by atoms with Crippen LogP contribution in [-0.2, 0) is 11.2 Å². The highest BCUT2D eigenvalue weighted by atomic mass is 19.1. The van der Waals surface area contributed by atoms with Crippen molar-refractivity contribution in [1.29, 1.82) is 0 Å². The van der Waals surface area contributed by atoms with Gasteiger partial charge < -0.3 is 0 Å². The zero-order valence-corrected chi connectivity index (χ0v) is 7.88. The first-order valence-electron chi connectivity index (χ1n) is 4.36. The van der Waals surface area contributed by atoms with Gasteiger partial charge >= 0.3 is 0 Å². The Labute approximate surface area is 77.6 Å². The van der Waals surface area contributed by atoms with E-state index >= 15 is 0 Å². The fourth-order valence-electron chi connectivity index (χ4n) is 1.01. The third-order valence-electron chi connectivity index (χ3n) is 1.94. The predicted octanol–water partition coefficient (Wildman–Crippen LogP) is 2.59. The van der Waals surface area contributed by atoms with Gasteiger partial charge in [0.1, 0.15) is 11.6 Å². The van der Waals surface area contributed by atoms with Crippen molar-refractivity contribution in [2.24, 2.45) is 5.92 Å². The molecule has 13 heavy (non-hydrogen) atoms. The molecule has 0 aliphatic rings. The molecule has 0 atom stereocenters. The molecule has 0 saturated heterocycles. The second-order valence-corrected chi connectivity index (χ2v) is 3.42. The summed E-state index contributed by atoms with van der Waals surface area (Å²) in [7, 11) is 0. The normalized spacial score (nSPS) is 10.5. The second-order valence-electron chi connectivity index (χ2n) is 3.42. The van der Waals surface area contributed by atoms with Crippen molar-refractivity contribution in [2.75, 3.05) is 0 Å². The standard InChI is InChI=1S/C11H13FO/c1-8(2)11(13)7-9-3-5-10(12)6-4-9/h3-6,8H,7H2,1-2H3. The summed E-state index contributed by atoms with van der Waals surface area (Å²) in [5.41, 5.74) is 0.875. The van der Waals surface area contributed by atoms with Crippen LogP contribution in [0.4, 0.5) is 4.39 Å². The van der Waals surface area contributed by atoms with E-state index in [0.717, 1.165) is 5.56 Å². The SMILES string of the molecule is CC(C)C(=O)Cc1ccc(F)cc1. The number of Topliss-reactive ketones (excluding diaryl/α,β-unsaturated/α-hetero) is 1. The summed E-state index contributed by atoms with van der Waals surface area (Å²) in [6, 6.07) is 6.05. The molecule has 0 spiro atoms. The van der Waals surface area contributed by atoms with Gasteiger partial charge in [0.25, 0.3) is 0 Å². The lowest BCUT2D eigenvalue weighted by Gasteiger charge is -2.03. The Morgan fingerprint density at radius 2 is 1.85 bits per heavy atom. The van der Waals surface area contributed by atoms with Crippen LogP contribution >= 0.6 is 0 Å². The third kappa shape index (κ3) is 2.98. The molecule has 0 unspecified atom stereocenters. The van der Waals surface area contributed by atoms with Gasteiger partial charge in [-0.3, -0.25) is 4.79 Å². The van der Waals surface area contributed by atoms with Crippen molar-refractivity contribution in [2.45, 2.75) is 20.3 Å². The van der Waals surface area contributed by atoms with Gasteiger partial charge in [-0.25, -0.2) is 4.39 Å². The quantitative estimate of drug-likeness (QED) is 0.698. The number of rotatable bonds is 3. The molecule has 0 heterocycles. The lowest BCUT2D eigenvalue weighted by Crippen LogP contribution is -2.09. The van der Waals surface area contributed by atoms with E-state index in [1.807, 2.05) is 13.8 Å². The second kappa shape index (κ2) is 4.17. The maximum absolute atomic E-state index is 12.5. The number of ketones is 1. The molecule has 70 valence electrons. The van der Waals surface area contributed by atoms with Gasteiger partial charge in [-0.2, -0.15) is 0 Å². The highest BCUT2D eigenvalue weighted by Crippen LogP contribution is 2.06. The molecule has 0 amide bonds. The highest BCUT2D eigenvalue weighted by molar-refractivity contribution is 5.82. The Balaban J connectivity index is 2.65. The fraction of sp³-hybridized carbons (Fsp3) is 0.364. The van der Waals surface area contributed by atoms with Crippen molar-refractivity contribution in [3.8, 4) is 0 Å². The maximum Gasteiger partial charge on any atom is 0.139 e. The van der Waals surface area contributed by atoms with E-state index in [4.69, 9.17) is 0 Å². The molecule has 1 rings (SSSR count). The molecular weight excluding hydrogens is 167 g/mol. The fourth-order valence-corrected chi connectivity index (χ4v) is 1.01. The van der Waals surface area contributed by atoms with Crippen molar-refractivity contribution in [1.82, 2.24) is 0 Å². The molecule has 0 aliphatic heterocycles. The molecular formula is C11H13FO. The summed E-state index contributed by atoms with van der Waals surface area (Å²) in [4.78, 5) is 11.3. The van der Waals surface area contributed by atoms with E-state index in [9.17, 15) is 9.18 Å². The molecule has 0 aliphatic carbocycles. The summed E-state index contributed by atoms with van der Waals surface area (Å²) >= 11 is 0. The number of halogens is 1. The van der Waals surface area contributed by atoms with E-state index in [1.165, 1.54) is 12.1 Å². The molecule has 2 heteroatoms. The van der Waals surface area contributed by atoms with E-state index in [-0.39, 0.29) is 17.5 Å². The number of carbonyl (C=O) groups excluding carboxylic acids is 1. The van der Waals surface area contributed by atoms with Crippen molar-refractivity contribution in [3.05, 3.63) is 35.6 Å². The first-order valence-corrected chi connectivity index (χ1v) is 4.36. The molecule has 1 aromatic carbocycles. The van der Waals surface area contributed by atoms with Crippen LogP contribution < -0.4 is 0 Å². The monoisotopic (exact) mass is 180 g/mol. The number of benzene rings is 1. The summed E-state index contributed by atoms with van der Waals surface area (Å²) in [6.45, 7) is 3.73. The zero-order chi connectivity index (χ0) is 9.84. The first-order chi connectivity index (χ1) is 6.09. The summed E-state index contributed by atoms with van der Waals surface area (Å²) in [5, 5.41) is 0. The Bertz CT molecular complexity index is 287. The minimum absolute atomic E-state index is 0.0463. The van der Waals surface area contributed by atoms with E-state index in [0.29, 0.717) is 6.42 Å². The van der Waals surface area contributed by atoms with Crippen molar-refractivity contribution >= 4 is 5.78 Å². The average Bonchev–Trinajstić information content (AvgIpc) is 2.08. The Kier molecular flexibility index (Phi) is 3.18. The summed E-state index contributed by atoms with van der Waals surface area (Å²) in [5.74, 6) is -0.0302. The molecule has 1 aromatic rings. The van der Waals surface area contributed by atoms with Crippen LogP contribution in [0, 0.1) is 11.7 Å². The van der Waals surface area contributed by atoms with Gasteiger partial charge in [0.05, 0.1) is 0 Å². The molecule has 0 aromatic heterocycles. The minimum atomic E-state index is -0.263. The maximum atomic E-state index is 12.5. The molecule has 0 N–H and O–H groups in total. The van der Waals surface area contributed by atoms with E-state index in [2.05, 4.69) is 0 Å². The molecule has 1 nitrogen and oxygen atoms in total. The van der Waals surface area contributed by atoms with Crippen LogP contribution in [0.5, 0.6) is 0 Å². The van der Waals surface area contributed by atoms with Gasteiger partial charge in [0.15, 0.2) is 0 Å². The molecule has 0 saturated carbocycles. The predicted molar refractivity (Wildman–Crippen MR) is 49.9 cm³/mol. The van der Waals surface area contributed by atoms with Gasteiger partial charge in [-0.05, 0) is 17.7 Å². The van der Waals surface area contributed by atoms with Gasteiger partial charge in [-0.1, -0.05) is 26.0 Å². The van der Waals surface area contributed by atoms with E-state index < -0.39 is 0 Å². The Morgan fingerprint density at radius 3 is 2.31 bits per heavy atom. The lowest BCUT2D eigenvalue weighted by molar-refractivity contribution is -0.121. The lowest BCUT2D eigenvalue weighted by atomic mass is 10.0.